The van der Waals surface area contributed by atoms with Crippen molar-refractivity contribution < 1.29 is 13.2 Å². The van der Waals surface area contributed by atoms with Gasteiger partial charge in [-0.15, -0.1) is 0 Å². The lowest BCUT2D eigenvalue weighted by atomic mass is 10.2. The Morgan fingerprint density at radius 2 is 1.74 bits per heavy atom. The molecule has 142 valence electrons. The fourth-order valence-electron chi connectivity index (χ4n) is 2.59. The van der Waals surface area contributed by atoms with Gasteiger partial charge in [0, 0.05) is 23.5 Å². The largest absolute Gasteiger partial charge is 0.322 e. The molecule has 0 aliphatic rings. The van der Waals surface area contributed by atoms with Crippen molar-refractivity contribution in [2.24, 2.45) is 0 Å². The number of nitrogens with one attached hydrogen (secondary N) is 2. The summed E-state index contributed by atoms with van der Waals surface area (Å²) >= 11 is 1.14. The highest BCUT2D eigenvalue weighted by Gasteiger charge is 2.11. The molecule has 0 saturated carbocycles. The van der Waals surface area contributed by atoms with Crippen LogP contribution in [0.1, 0.15) is 24.2 Å². The average molecular weight is 406 g/mol. The van der Waals surface area contributed by atoms with Gasteiger partial charge < -0.3 is 5.32 Å². The number of benzene rings is 2. The van der Waals surface area contributed by atoms with Gasteiger partial charge in [0.25, 0.3) is 5.91 Å². The summed E-state index contributed by atoms with van der Waals surface area (Å²) in [7, 11) is -3.36. The zero-order chi connectivity index (χ0) is 19.6. The van der Waals surface area contributed by atoms with Gasteiger partial charge in [0.1, 0.15) is 0 Å². The summed E-state index contributed by atoms with van der Waals surface area (Å²) in [6.07, 6.45) is 0. The van der Waals surface area contributed by atoms with Crippen molar-refractivity contribution >= 4 is 48.9 Å². The number of aromatic nitrogens is 1. The Morgan fingerprint density at radius 3 is 2.37 bits per heavy atom. The number of thiazole rings is 1. The lowest BCUT2D eigenvalue weighted by Crippen LogP contribution is -2.15. The van der Waals surface area contributed by atoms with Crippen LogP contribution in [0.2, 0.25) is 0 Å². The molecular weight excluding hydrogens is 386 g/mol. The van der Waals surface area contributed by atoms with Crippen LogP contribution in [0.5, 0.6) is 0 Å². The second-order valence-electron chi connectivity index (χ2n) is 5.83. The number of rotatable bonds is 6. The molecule has 2 N–H and O–H groups in total. The van der Waals surface area contributed by atoms with E-state index in [0.29, 0.717) is 23.5 Å². The molecule has 27 heavy (non-hydrogen) atoms. The Hall–Kier alpha value is -2.65. The molecule has 9 heteroatoms. The van der Waals surface area contributed by atoms with Crippen LogP contribution in [-0.4, -0.2) is 24.6 Å². The normalized spacial score (nSPS) is 11.5. The zero-order valence-electron chi connectivity index (χ0n) is 14.9. The first kappa shape index (κ1) is 19.1. The van der Waals surface area contributed by atoms with Crippen LogP contribution < -0.4 is 14.9 Å². The maximum absolute atomic E-state index is 12.4. The topological polar surface area (TPSA) is 97.3 Å². The summed E-state index contributed by atoms with van der Waals surface area (Å²) in [4.78, 5) is 24.3. The number of carbonyl (C=O) groups excluding carboxylic acids is 1. The van der Waals surface area contributed by atoms with Crippen molar-refractivity contribution in [2.45, 2.75) is 20.4 Å². The third kappa shape index (κ3) is 4.20. The van der Waals surface area contributed by atoms with Crippen molar-refractivity contribution in [3.05, 3.63) is 57.7 Å². The van der Waals surface area contributed by atoms with Gasteiger partial charge in [0.2, 0.25) is 10.0 Å². The summed E-state index contributed by atoms with van der Waals surface area (Å²) in [6.45, 7) is 4.05. The Bertz CT molecular complexity index is 1150. The smallest absolute Gasteiger partial charge is 0.308 e. The summed E-state index contributed by atoms with van der Waals surface area (Å²) in [6, 6.07) is 11.5. The van der Waals surface area contributed by atoms with Crippen LogP contribution in [0.4, 0.5) is 11.4 Å². The van der Waals surface area contributed by atoms with Crippen LogP contribution in [0.3, 0.4) is 0 Å². The summed E-state index contributed by atoms with van der Waals surface area (Å²) in [5, 5.41) is 2.79. The molecule has 0 atom stereocenters. The number of anilines is 2. The molecule has 0 radical (unpaired) electrons. The van der Waals surface area contributed by atoms with Crippen molar-refractivity contribution in [1.82, 2.24) is 4.57 Å². The fourth-order valence-corrected chi connectivity index (χ4v) is 4.22. The van der Waals surface area contributed by atoms with E-state index < -0.39 is 10.0 Å². The Morgan fingerprint density at radius 1 is 1.07 bits per heavy atom. The predicted octanol–water partition coefficient (Wildman–Crippen LogP) is 3.10. The van der Waals surface area contributed by atoms with E-state index in [2.05, 4.69) is 10.0 Å². The molecule has 1 aromatic heterocycles. The quantitative estimate of drug-likeness (QED) is 0.658. The number of aryl methyl sites for hydroxylation is 1. The lowest BCUT2D eigenvalue weighted by Gasteiger charge is -2.08. The van der Waals surface area contributed by atoms with Gasteiger partial charge in [-0.1, -0.05) is 11.3 Å². The minimum atomic E-state index is -3.36. The molecular formula is C18H19N3O4S2. The molecule has 0 saturated heterocycles. The van der Waals surface area contributed by atoms with Crippen molar-refractivity contribution in [3.8, 4) is 0 Å². The SMILES string of the molecule is CCn1c(=O)sc2cc(NC(=O)c3ccc(NS(=O)(=O)CC)cc3)ccc21. The van der Waals surface area contributed by atoms with E-state index in [1.807, 2.05) is 13.0 Å². The minimum Gasteiger partial charge on any atom is -0.322 e. The number of hydrogen-bond acceptors (Lipinski definition) is 5. The number of sulfonamides is 1. The first-order chi connectivity index (χ1) is 12.8. The molecule has 0 bridgehead atoms. The fraction of sp³-hybridized carbons (Fsp3) is 0.222. The molecule has 3 aromatic rings. The van der Waals surface area contributed by atoms with Crippen LogP contribution in [0.15, 0.2) is 47.3 Å². The van der Waals surface area contributed by atoms with Gasteiger partial charge in [-0.2, -0.15) is 0 Å². The molecule has 3 rings (SSSR count). The van der Waals surface area contributed by atoms with Crippen molar-refractivity contribution in [3.63, 3.8) is 0 Å². The van der Waals surface area contributed by atoms with Gasteiger partial charge in [-0.05, 0) is 56.3 Å². The second-order valence-corrected chi connectivity index (χ2v) is 8.84. The number of carbonyl (C=O) groups is 1. The summed E-state index contributed by atoms with van der Waals surface area (Å²) in [5.41, 5.74) is 2.24. The van der Waals surface area contributed by atoms with Gasteiger partial charge in [-0.25, -0.2) is 8.42 Å². The third-order valence-corrected chi connectivity index (χ3v) is 6.29. The molecule has 0 fully saturated rings. The average Bonchev–Trinajstić information content (AvgIpc) is 2.96. The van der Waals surface area contributed by atoms with Gasteiger partial charge in [0.05, 0.1) is 16.0 Å². The number of fused-ring (bicyclic) bond motifs is 1. The highest BCUT2D eigenvalue weighted by atomic mass is 32.2. The molecule has 0 unspecified atom stereocenters. The van der Waals surface area contributed by atoms with E-state index in [4.69, 9.17) is 0 Å². The van der Waals surface area contributed by atoms with Crippen LogP contribution in [-0.2, 0) is 16.6 Å². The zero-order valence-corrected chi connectivity index (χ0v) is 16.5. The van der Waals surface area contributed by atoms with E-state index in [-0.39, 0.29) is 16.5 Å². The number of amides is 1. The third-order valence-electron chi connectivity index (χ3n) is 4.04. The maximum atomic E-state index is 12.4. The summed E-state index contributed by atoms with van der Waals surface area (Å²) in [5.74, 6) is -0.342. The lowest BCUT2D eigenvalue weighted by molar-refractivity contribution is 0.102. The second kappa shape index (κ2) is 7.53. The van der Waals surface area contributed by atoms with Crippen LogP contribution >= 0.6 is 11.3 Å². The molecule has 1 heterocycles. The van der Waals surface area contributed by atoms with Crippen molar-refractivity contribution in [1.29, 1.82) is 0 Å². The standard InChI is InChI=1S/C18H19N3O4S2/c1-3-21-15-10-9-14(11-16(15)26-18(21)23)19-17(22)12-5-7-13(8-6-12)20-27(24,25)4-2/h5-11,20H,3-4H2,1-2H3,(H,19,22). The number of hydrogen-bond donors (Lipinski definition) is 2. The van der Waals surface area contributed by atoms with E-state index in [9.17, 15) is 18.0 Å². The predicted molar refractivity (Wildman–Crippen MR) is 109 cm³/mol. The first-order valence-corrected chi connectivity index (χ1v) is 10.8. The molecule has 7 nitrogen and oxygen atoms in total. The molecule has 0 aliphatic carbocycles. The summed E-state index contributed by atoms with van der Waals surface area (Å²) < 4.78 is 28.1. The Kier molecular flexibility index (Phi) is 5.33. The van der Waals surface area contributed by atoms with E-state index in [1.54, 1.807) is 47.9 Å². The highest BCUT2D eigenvalue weighted by Crippen LogP contribution is 2.22. The van der Waals surface area contributed by atoms with E-state index in [0.717, 1.165) is 21.6 Å². The Labute approximate surface area is 160 Å². The molecule has 0 aliphatic heterocycles. The molecule has 0 spiro atoms. The first-order valence-electron chi connectivity index (χ1n) is 8.38. The van der Waals surface area contributed by atoms with Gasteiger partial charge in [0.15, 0.2) is 0 Å². The number of nitrogens with zero attached hydrogens (tertiary/aromatic N) is 1. The van der Waals surface area contributed by atoms with Crippen molar-refractivity contribution in [2.75, 3.05) is 15.8 Å². The Balaban J connectivity index is 1.77. The maximum Gasteiger partial charge on any atom is 0.308 e. The van der Waals surface area contributed by atoms with E-state index in [1.165, 1.54) is 0 Å². The molecule has 2 aromatic carbocycles. The van der Waals surface area contributed by atoms with Crippen LogP contribution in [0, 0.1) is 0 Å². The van der Waals surface area contributed by atoms with E-state index >= 15 is 0 Å². The minimum absolute atomic E-state index is 0.0243. The van der Waals surface area contributed by atoms with Gasteiger partial charge in [-0.3, -0.25) is 18.9 Å². The highest BCUT2D eigenvalue weighted by molar-refractivity contribution is 7.92. The molecule has 1 amide bonds. The van der Waals surface area contributed by atoms with Gasteiger partial charge >= 0.3 is 4.87 Å². The monoisotopic (exact) mass is 405 g/mol. The van der Waals surface area contributed by atoms with Crippen LogP contribution in [0.25, 0.3) is 10.2 Å².